The highest BCUT2D eigenvalue weighted by molar-refractivity contribution is 5.90. The average molecular weight is 364 g/mol. The maximum Gasteiger partial charge on any atom is 0.321 e. The molecule has 3 amide bonds. The fourth-order valence-electron chi connectivity index (χ4n) is 3.89. The minimum atomic E-state index is -0.0860. The first-order chi connectivity index (χ1) is 13.1. The molecule has 2 fully saturated rings. The van der Waals surface area contributed by atoms with E-state index in [1.165, 1.54) is 0 Å². The molecule has 0 radical (unpaired) electrons. The van der Waals surface area contributed by atoms with E-state index >= 15 is 0 Å². The Labute approximate surface area is 159 Å². The summed E-state index contributed by atoms with van der Waals surface area (Å²) in [5.74, 6) is 0.0889. The molecular formula is C21H24N4O2. The van der Waals surface area contributed by atoms with E-state index < -0.39 is 0 Å². The lowest BCUT2D eigenvalue weighted by molar-refractivity contribution is -0.123. The van der Waals surface area contributed by atoms with Crippen LogP contribution < -0.4 is 10.6 Å². The van der Waals surface area contributed by atoms with Crippen LogP contribution >= 0.6 is 0 Å². The molecule has 2 heterocycles. The number of hydrogen-bond acceptors (Lipinski definition) is 3. The van der Waals surface area contributed by atoms with Crippen LogP contribution in [0.1, 0.15) is 24.0 Å². The first-order valence-corrected chi connectivity index (χ1v) is 9.35. The molecule has 1 aromatic heterocycles. The number of aromatic nitrogens is 1. The van der Waals surface area contributed by atoms with Gasteiger partial charge in [0, 0.05) is 49.0 Å². The number of rotatable bonds is 4. The van der Waals surface area contributed by atoms with Gasteiger partial charge in [0.2, 0.25) is 5.91 Å². The smallest absolute Gasteiger partial charge is 0.321 e. The van der Waals surface area contributed by atoms with Crippen molar-refractivity contribution in [1.82, 2.24) is 15.2 Å². The van der Waals surface area contributed by atoms with Crippen LogP contribution in [0.3, 0.4) is 0 Å². The van der Waals surface area contributed by atoms with E-state index in [0.29, 0.717) is 19.6 Å². The number of carbonyl (C=O) groups excluding carboxylic acids is 2. The average Bonchev–Trinajstić information content (AvgIpc) is 3.22. The third-order valence-electron chi connectivity index (χ3n) is 5.67. The molecule has 2 aromatic rings. The lowest BCUT2D eigenvalue weighted by Gasteiger charge is -2.17. The van der Waals surface area contributed by atoms with Crippen molar-refractivity contribution >= 4 is 17.6 Å². The van der Waals surface area contributed by atoms with Gasteiger partial charge in [-0.2, -0.15) is 0 Å². The SMILES string of the molecule is Cc1ccc(NC(=O)N2CC[C@]3(C[C@H]3C(=O)NCc3cccnc3)C2)cc1. The number of nitrogens with zero attached hydrogens (tertiary/aromatic N) is 2. The second-order valence-electron chi connectivity index (χ2n) is 7.67. The number of nitrogens with one attached hydrogen (secondary N) is 2. The molecule has 27 heavy (non-hydrogen) atoms. The summed E-state index contributed by atoms with van der Waals surface area (Å²) in [6.45, 7) is 3.86. The van der Waals surface area contributed by atoms with Gasteiger partial charge in [-0.15, -0.1) is 0 Å². The van der Waals surface area contributed by atoms with Gasteiger partial charge in [-0.1, -0.05) is 23.8 Å². The van der Waals surface area contributed by atoms with Gasteiger partial charge in [-0.05, 0) is 43.5 Å². The number of carbonyl (C=O) groups is 2. The Morgan fingerprint density at radius 2 is 2.07 bits per heavy atom. The van der Waals surface area contributed by atoms with Gasteiger partial charge >= 0.3 is 6.03 Å². The van der Waals surface area contributed by atoms with Crippen LogP contribution in [0.2, 0.25) is 0 Å². The molecular weight excluding hydrogens is 340 g/mol. The minimum Gasteiger partial charge on any atom is -0.352 e. The zero-order valence-corrected chi connectivity index (χ0v) is 15.4. The van der Waals surface area contributed by atoms with Gasteiger partial charge < -0.3 is 15.5 Å². The number of urea groups is 1. The number of pyridine rings is 1. The quantitative estimate of drug-likeness (QED) is 0.876. The maximum atomic E-state index is 12.5. The third-order valence-corrected chi connectivity index (χ3v) is 5.67. The van der Waals surface area contributed by atoms with E-state index in [0.717, 1.165) is 29.7 Å². The van der Waals surface area contributed by atoms with Crippen LogP contribution in [-0.2, 0) is 11.3 Å². The van der Waals surface area contributed by atoms with E-state index in [4.69, 9.17) is 0 Å². The van der Waals surface area contributed by atoms with Crippen LogP contribution in [0.5, 0.6) is 0 Å². The van der Waals surface area contributed by atoms with Crippen molar-refractivity contribution in [3.63, 3.8) is 0 Å². The Morgan fingerprint density at radius 3 is 2.81 bits per heavy atom. The maximum absolute atomic E-state index is 12.5. The largest absolute Gasteiger partial charge is 0.352 e. The van der Waals surface area contributed by atoms with Gasteiger partial charge in [0.15, 0.2) is 0 Å². The summed E-state index contributed by atoms with van der Waals surface area (Å²) in [6, 6.07) is 11.5. The molecule has 4 rings (SSSR count). The number of likely N-dealkylation sites (tertiary alicyclic amines) is 1. The zero-order valence-electron chi connectivity index (χ0n) is 15.4. The molecule has 140 valence electrons. The van der Waals surface area contributed by atoms with Crippen LogP contribution in [0.25, 0.3) is 0 Å². The molecule has 1 aliphatic heterocycles. The summed E-state index contributed by atoms with van der Waals surface area (Å²) in [6.07, 6.45) is 5.23. The number of amides is 3. The van der Waals surface area contributed by atoms with Crippen LogP contribution in [0.4, 0.5) is 10.5 Å². The fourth-order valence-corrected chi connectivity index (χ4v) is 3.89. The zero-order chi connectivity index (χ0) is 18.9. The highest BCUT2D eigenvalue weighted by Crippen LogP contribution is 2.58. The van der Waals surface area contributed by atoms with E-state index in [2.05, 4.69) is 15.6 Å². The summed E-state index contributed by atoms with van der Waals surface area (Å²) in [7, 11) is 0. The Bertz CT molecular complexity index is 837. The van der Waals surface area contributed by atoms with Gasteiger partial charge in [0.05, 0.1) is 0 Å². The molecule has 0 bridgehead atoms. The first-order valence-electron chi connectivity index (χ1n) is 9.35. The normalized spacial score (nSPS) is 23.3. The Morgan fingerprint density at radius 1 is 1.26 bits per heavy atom. The van der Waals surface area contributed by atoms with Crippen LogP contribution in [0, 0.1) is 18.3 Å². The lowest BCUT2D eigenvalue weighted by atomic mass is 10.0. The topological polar surface area (TPSA) is 74.3 Å². The van der Waals surface area contributed by atoms with Crippen molar-refractivity contribution in [3.8, 4) is 0 Å². The summed E-state index contributed by atoms with van der Waals surface area (Å²) >= 11 is 0. The summed E-state index contributed by atoms with van der Waals surface area (Å²) in [4.78, 5) is 30.9. The monoisotopic (exact) mass is 364 g/mol. The van der Waals surface area contributed by atoms with Crippen molar-refractivity contribution in [2.45, 2.75) is 26.3 Å². The number of anilines is 1. The molecule has 1 spiro atoms. The highest BCUT2D eigenvalue weighted by Gasteiger charge is 2.61. The van der Waals surface area contributed by atoms with Crippen molar-refractivity contribution in [3.05, 3.63) is 59.9 Å². The molecule has 6 nitrogen and oxygen atoms in total. The van der Waals surface area contributed by atoms with E-state index in [-0.39, 0.29) is 23.3 Å². The molecule has 2 N–H and O–H groups in total. The molecule has 1 saturated heterocycles. The van der Waals surface area contributed by atoms with E-state index in [9.17, 15) is 9.59 Å². The van der Waals surface area contributed by atoms with Crippen molar-refractivity contribution in [2.75, 3.05) is 18.4 Å². The van der Waals surface area contributed by atoms with Crippen LogP contribution in [-0.4, -0.2) is 34.9 Å². The standard InChI is InChI=1S/C21H24N4O2/c1-15-4-6-17(7-5-15)24-20(27)25-10-8-21(14-25)11-18(21)19(26)23-13-16-3-2-9-22-12-16/h2-7,9,12,18H,8,10-11,13-14H2,1H3,(H,23,26)(H,24,27)/t18-,21-/m0/s1. The van der Waals surface area contributed by atoms with Gasteiger partial charge in [0.25, 0.3) is 0 Å². The molecule has 1 aliphatic carbocycles. The van der Waals surface area contributed by atoms with Gasteiger partial charge in [0.1, 0.15) is 0 Å². The van der Waals surface area contributed by atoms with Crippen molar-refractivity contribution in [1.29, 1.82) is 0 Å². The first kappa shape index (κ1) is 17.5. The lowest BCUT2D eigenvalue weighted by Crippen LogP contribution is -2.34. The number of aryl methyl sites for hydroxylation is 1. The molecule has 6 heteroatoms. The minimum absolute atomic E-state index is 0.00588. The van der Waals surface area contributed by atoms with Gasteiger partial charge in [-0.25, -0.2) is 4.79 Å². The van der Waals surface area contributed by atoms with Crippen molar-refractivity contribution in [2.24, 2.45) is 11.3 Å². The Balaban J connectivity index is 1.28. The van der Waals surface area contributed by atoms with E-state index in [1.807, 2.05) is 48.2 Å². The van der Waals surface area contributed by atoms with Crippen LogP contribution in [0.15, 0.2) is 48.8 Å². The third kappa shape index (κ3) is 3.79. The highest BCUT2D eigenvalue weighted by atomic mass is 16.2. The number of benzene rings is 1. The second-order valence-corrected chi connectivity index (χ2v) is 7.67. The second kappa shape index (κ2) is 7.02. The molecule has 2 aliphatic rings. The summed E-state index contributed by atoms with van der Waals surface area (Å²) in [5.41, 5.74) is 2.91. The predicted octanol–water partition coefficient (Wildman–Crippen LogP) is 2.95. The summed E-state index contributed by atoms with van der Waals surface area (Å²) in [5, 5.41) is 5.95. The molecule has 2 atom stereocenters. The number of hydrogen-bond donors (Lipinski definition) is 2. The van der Waals surface area contributed by atoms with Crippen molar-refractivity contribution < 1.29 is 9.59 Å². The summed E-state index contributed by atoms with van der Waals surface area (Å²) < 4.78 is 0. The Kier molecular flexibility index (Phi) is 4.56. The predicted molar refractivity (Wildman–Crippen MR) is 103 cm³/mol. The molecule has 1 aromatic carbocycles. The molecule has 0 unspecified atom stereocenters. The Hall–Kier alpha value is -2.89. The van der Waals surface area contributed by atoms with E-state index in [1.54, 1.807) is 12.4 Å². The van der Waals surface area contributed by atoms with Gasteiger partial charge in [-0.3, -0.25) is 9.78 Å². The molecule has 1 saturated carbocycles. The fraction of sp³-hybridized carbons (Fsp3) is 0.381.